The topological polar surface area (TPSA) is 37.4 Å². The molecule has 0 atom stereocenters. The highest BCUT2D eigenvalue weighted by molar-refractivity contribution is 6.07. The highest BCUT2D eigenvalue weighted by Gasteiger charge is 2.43. The molecule has 0 radical (unpaired) electrons. The van der Waals surface area contributed by atoms with Gasteiger partial charge in [-0.2, -0.15) is 0 Å². The standard InChI is InChI=1S/C28H29NO2/c1-18(2)19-14-16-21(17-15-19)29-22-10-6-12-24(30)27(22)26(20-8-4-3-5-9-20)28-23(29)11-7-13-25(28)31/h3-5,8-9,14-18,26H,6-7,10-13H2,1-2H3. The summed E-state index contributed by atoms with van der Waals surface area (Å²) in [6, 6.07) is 18.8. The zero-order valence-electron chi connectivity index (χ0n) is 18.4. The molecule has 0 saturated carbocycles. The molecule has 31 heavy (non-hydrogen) atoms. The average molecular weight is 412 g/mol. The van der Waals surface area contributed by atoms with Crippen LogP contribution >= 0.6 is 0 Å². The summed E-state index contributed by atoms with van der Waals surface area (Å²) in [6.07, 6.45) is 4.63. The third kappa shape index (κ3) is 3.37. The minimum Gasteiger partial charge on any atom is -0.317 e. The lowest BCUT2D eigenvalue weighted by atomic mass is 9.71. The lowest BCUT2D eigenvalue weighted by Gasteiger charge is -2.44. The number of benzene rings is 2. The largest absolute Gasteiger partial charge is 0.317 e. The molecule has 1 aliphatic heterocycles. The van der Waals surface area contributed by atoms with E-state index in [9.17, 15) is 9.59 Å². The number of rotatable bonds is 3. The maximum atomic E-state index is 13.3. The molecule has 2 aromatic rings. The second-order valence-electron chi connectivity index (χ2n) is 9.20. The SMILES string of the molecule is CC(C)c1ccc(N2C3=C(C(=O)CCC3)C(c3ccccc3)C3=C2CCCC3=O)cc1. The third-order valence-electron chi connectivity index (χ3n) is 6.93. The Bertz CT molecular complexity index is 1050. The Labute approximate surface area is 184 Å². The van der Waals surface area contributed by atoms with Crippen molar-refractivity contribution >= 4 is 17.3 Å². The molecule has 2 aromatic carbocycles. The van der Waals surface area contributed by atoms with Gasteiger partial charge in [0.1, 0.15) is 0 Å². The van der Waals surface area contributed by atoms with Crippen molar-refractivity contribution < 1.29 is 9.59 Å². The van der Waals surface area contributed by atoms with Gasteiger partial charge in [-0.1, -0.05) is 56.3 Å². The molecule has 3 nitrogen and oxygen atoms in total. The first-order valence-electron chi connectivity index (χ1n) is 11.5. The van der Waals surface area contributed by atoms with Crippen molar-refractivity contribution in [2.24, 2.45) is 0 Å². The van der Waals surface area contributed by atoms with E-state index in [4.69, 9.17) is 0 Å². The summed E-state index contributed by atoms with van der Waals surface area (Å²) in [6.45, 7) is 4.39. The van der Waals surface area contributed by atoms with Gasteiger partial charge in [-0.25, -0.2) is 0 Å². The van der Waals surface area contributed by atoms with Crippen LogP contribution in [0.2, 0.25) is 0 Å². The van der Waals surface area contributed by atoms with Crippen LogP contribution in [0.4, 0.5) is 5.69 Å². The van der Waals surface area contributed by atoms with Gasteiger partial charge in [0.2, 0.25) is 0 Å². The number of Topliss-reactive ketones (excluding diaryl/α,β-unsaturated/α-hetero) is 2. The first-order valence-corrected chi connectivity index (χ1v) is 11.5. The fraction of sp³-hybridized carbons (Fsp3) is 0.357. The summed E-state index contributed by atoms with van der Waals surface area (Å²) in [5.74, 6) is 0.639. The van der Waals surface area contributed by atoms with Gasteiger partial charge >= 0.3 is 0 Å². The number of hydrogen-bond donors (Lipinski definition) is 0. The predicted octanol–water partition coefficient (Wildman–Crippen LogP) is 6.43. The number of carbonyl (C=O) groups excluding carboxylic acids is 2. The summed E-state index contributed by atoms with van der Waals surface area (Å²) in [4.78, 5) is 28.9. The second-order valence-corrected chi connectivity index (χ2v) is 9.20. The molecule has 3 heteroatoms. The molecule has 0 spiro atoms. The molecular formula is C28H29NO2. The van der Waals surface area contributed by atoms with Gasteiger partial charge < -0.3 is 4.90 Å². The Morgan fingerprint density at radius 3 is 1.81 bits per heavy atom. The van der Waals surface area contributed by atoms with E-state index in [1.54, 1.807) is 0 Å². The molecule has 5 rings (SSSR count). The summed E-state index contributed by atoms with van der Waals surface area (Å²) < 4.78 is 0. The monoisotopic (exact) mass is 411 g/mol. The van der Waals surface area contributed by atoms with Gasteiger partial charge in [0.05, 0.1) is 0 Å². The molecule has 2 aliphatic carbocycles. The highest BCUT2D eigenvalue weighted by atomic mass is 16.1. The van der Waals surface area contributed by atoms with E-state index in [2.05, 4.69) is 55.1 Å². The number of hydrogen-bond acceptors (Lipinski definition) is 3. The van der Waals surface area contributed by atoms with Crippen LogP contribution in [0.25, 0.3) is 0 Å². The van der Waals surface area contributed by atoms with Crippen molar-refractivity contribution in [2.45, 2.75) is 64.2 Å². The minimum atomic E-state index is -0.224. The number of nitrogens with zero attached hydrogens (tertiary/aromatic N) is 1. The number of anilines is 1. The van der Waals surface area contributed by atoms with Crippen LogP contribution in [-0.4, -0.2) is 11.6 Å². The molecule has 0 saturated heterocycles. The van der Waals surface area contributed by atoms with Crippen molar-refractivity contribution in [3.63, 3.8) is 0 Å². The predicted molar refractivity (Wildman–Crippen MR) is 124 cm³/mol. The quantitative estimate of drug-likeness (QED) is 0.584. The van der Waals surface area contributed by atoms with Crippen molar-refractivity contribution in [2.75, 3.05) is 4.90 Å². The highest BCUT2D eigenvalue weighted by Crippen LogP contribution is 2.50. The minimum absolute atomic E-state index is 0.198. The normalized spacial score (nSPS) is 19.8. The van der Waals surface area contributed by atoms with E-state index in [1.165, 1.54) is 5.56 Å². The van der Waals surface area contributed by atoms with Crippen LogP contribution in [0.5, 0.6) is 0 Å². The number of ketones is 2. The summed E-state index contributed by atoms with van der Waals surface area (Å²) in [5, 5.41) is 0. The Balaban J connectivity index is 1.74. The van der Waals surface area contributed by atoms with Crippen LogP contribution in [0.1, 0.15) is 75.3 Å². The van der Waals surface area contributed by atoms with E-state index >= 15 is 0 Å². The maximum absolute atomic E-state index is 13.3. The first-order chi connectivity index (χ1) is 15.1. The van der Waals surface area contributed by atoms with E-state index in [0.29, 0.717) is 18.8 Å². The van der Waals surface area contributed by atoms with Crippen LogP contribution in [-0.2, 0) is 9.59 Å². The van der Waals surface area contributed by atoms with Gasteiger partial charge in [-0.15, -0.1) is 0 Å². The van der Waals surface area contributed by atoms with Crippen molar-refractivity contribution in [1.29, 1.82) is 0 Å². The third-order valence-corrected chi connectivity index (χ3v) is 6.93. The molecule has 0 unspecified atom stereocenters. The van der Waals surface area contributed by atoms with Crippen molar-refractivity contribution in [1.82, 2.24) is 0 Å². The summed E-state index contributed by atoms with van der Waals surface area (Å²) in [7, 11) is 0. The van der Waals surface area contributed by atoms with Gasteiger partial charge in [0.15, 0.2) is 11.6 Å². The van der Waals surface area contributed by atoms with E-state index < -0.39 is 0 Å². The molecule has 0 amide bonds. The summed E-state index contributed by atoms with van der Waals surface area (Å²) in [5.41, 5.74) is 7.33. The molecule has 0 N–H and O–H groups in total. The van der Waals surface area contributed by atoms with Gasteiger partial charge in [-0.05, 0) is 54.9 Å². The van der Waals surface area contributed by atoms with E-state index in [-0.39, 0.29) is 17.5 Å². The Morgan fingerprint density at radius 2 is 1.29 bits per heavy atom. The van der Waals surface area contributed by atoms with Crippen LogP contribution in [0.3, 0.4) is 0 Å². The van der Waals surface area contributed by atoms with Gasteiger partial charge in [0, 0.05) is 47.0 Å². The molecular weight excluding hydrogens is 382 g/mol. The fourth-order valence-electron chi connectivity index (χ4n) is 5.42. The zero-order chi connectivity index (χ0) is 21.5. The van der Waals surface area contributed by atoms with Crippen molar-refractivity contribution in [3.05, 3.63) is 88.3 Å². The molecule has 0 bridgehead atoms. The average Bonchev–Trinajstić information content (AvgIpc) is 2.79. The molecule has 3 aliphatic rings. The first kappa shape index (κ1) is 20.0. The van der Waals surface area contributed by atoms with Crippen LogP contribution < -0.4 is 4.90 Å². The van der Waals surface area contributed by atoms with Crippen molar-refractivity contribution in [3.8, 4) is 0 Å². The maximum Gasteiger partial charge on any atom is 0.161 e. The summed E-state index contributed by atoms with van der Waals surface area (Å²) >= 11 is 0. The van der Waals surface area contributed by atoms with Crippen LogP contribution in [0.15, 0.2) is 77.1 Å². The lowest BCUT2D eigenvalue weighted by Crippen LogP contribution is -2.39. The van der Waals surface area contributed by atoms with E-state index in [0.717, 1.165) is 59.5 Å². The Hall–Kier alpha value is -2.94. The molecule has 158 valence electrons. The Kier molecular flexibility index (Phi) is 5.13. The smallest absolute Gasteiger partial charge is 0.161 e. The second kappa shape index (κ2) is 7.96. The zero-order valence-corrected chi connectivity index (χ0v) is 18.4. The van der Waals surface area contributed by atoms with Gasteiger partial charge in [0.25, 0.3) is 0 Å². The van der Waals surface area contributed by atoms with Crippen LogP contribution in [0, 0.1) is 0 Å². The molecule has 0 fully saturated rings. The van der Waals surface area contributed by atoms with Gasteiger partial charge in [-0.3, -0.25) is 9.59 Å². The fourth-order valence-corrected chi connectivity index (χ4v) is 5.42. The molecule has 1 heterocycles. The number of allylic oxidation sites excluding steroid dienone is 4. The molecule has 0 aromatic heterocycles. The Morgan fingerprint density at radius 1 is 0.742 bits per heavy atom. The lowest BCUT2D eigenvalue weighted by molar-refractivity contribution is -0.116. The van der Waals surface area contributed by atoms with E-state index in [1.807, 2.05) is 18.2 Å². The number of carbonyl (C=O) groups is 2.